The van der Waals surface area contributed by atoms with E-state index in [-0.39, 0.29) is 0 Å². The van der Waals surface area contributed by atoms with Crippen LogP contribution in [0.2, 0.25) is 0 Å². The molecule has 0 spiro atoms. The SMILES string of the molecule is CSP(C)(=S)c1ccc(P(C)(=S)SC)cc1. The third-order valence-electron chi connectivity index (χ3n) is 2.48. The molecule has 0 amide bonds. The molecule has 0 heterocycles. The normalized spacial score (nSPS) is 18.8. The zero-order valence-electron chi connectivity index (χ0n) is 9.84. The van der Waals surface area contributed by atoms with E-state index in [0.29, 0.717) is 0 Å². The Balaban J connectivity index is 3.10. The van der Waals surface area contributed by atoms with Crippen LogP contribution in [0.4, 0.5) is 0 Å². The summed E-state index contributed by atoms with van der Waals surface area (Å²) in [6.07, 6.45) is 4.20. The summed E-state index contributed by atoms with van der Waals surface area (Å²) in [5.74, 6) is 0. The smallest absolute Gasteiger partial charge is 0.0305 e. The molecule has 0 aliphatic heterocycles. The molecule has 16 heavy (non-hydrogen) atoms. The standard InChI is InChI=1S/C10H16P2S4/c1-11(13,15-3)9-5-7-10(8-6-9)12(2,14)16-4/h5-8H,1-4H3. The number of hydrogen-bond acceptors (Lipinski definition) is 4. The van der Waals surface area contributed by atoms with Crippen LogP contribution >= 0.6 is 33.2 Å². The second-order valence-electron chi connectivity index (χ2n) is 3.57. The van der Waals surface area contributed by atoms with Crippen LogP contribution in [0.25, 0.3) is 0 Å². The van der Waals surface area contributed by atoms with E-state index in [4.69, 9.17) is 23.6 Å². The summed E-state index contributed by atoms with van der Waals surface area (Å²) >= 11 is 14.9. The average molecular weight is 326 g/mol. The Labute approximate surface area is 117 Å². The fraction of sp³-hybridized carbons (Fsp3) is 0.400. The van der Waals surface area contributed by atoms with Crippen molar-refractivity contribution in [3.63, 3.8) is 0 Å². The maximum Gasteiger partial charge on any atom is 0.0305 e. The fourth-order valence-electron chi connectivity index (χ4n) is 1.21. The topological polar surface area (TPSA) is 0 Å². The van der Waals surface area contributed by atoms with Gasteiger partial charge in [-0.2, -0.15) is 0 Å². The van der Waals surface area contributed by atoms with Crippen molar-refractivity contribution >= 4 is 67.5 Å². The lowest BCUT2D eigenvalue weighted by Gasteiger charge is -2.17. The van der Waals surface area contributed by atoms with Crippen LogP contribution in [-0.2, 0) is 23.6 Å². The summed E-state index contributed by atoms with van der Waals surface area (Å²) in [7, 11) is 0. The predicted molar refractivity (Wildman–Crippen MR) is 93.2 cm³/mol. The van der Waals surface area contributed by atoms with E-state index in [2.05, 4.69) is 50.1 Å². The Hall–Kier alpha value is 1.22. The molecule has 90 valence electrons. The molecule has 2 unspecified atom stereocenters. The Morgan fingerprint density at radius 2 is 1.06 bits per heavy atom. The third kappa shape index (κ3) is 3.60. The summed E-state index contributed by atoms with van der Waals surface area (Å²) < 4.78 is 0. The molecule has 0 aliphatic rings. The van der Waals surface area contributed by atoms with E-state index in [1.807, 2.05) is 0 Å². The van der Waals surface area contributed by atoms with Gasteiger partial charge in [-0.1, -0.05) is 47.9 Å². The third-order valence-corrected chi connectivity index (χ3v) is 15.7. The Morgan fingerprint density at radius 3 is 1.25 bits per heavy atom. The molecule has 1 rings (SSSR count). The first-order chi connectivity index (χ1) is 7.33. The molecular formula is C10H16P2S4. The van der Waals surface area contributed by atoms with Gasteiger partial charge in [-0.15, -0.1) is 22.8 Å². The van der Waals surface area contributed by atoms with E-state index in [9.17, 15) is 0 Å². The van der Waals surface area contributed by atoms with Gasteiger partial charge < -0.3 is 0 Å². The van der Waals surface area contributed by atoms with E-state index in [1.54, 1.807) is 22.8 Å². The highest BCUT2D eigenvalue weighted by Crippen LogP contribution is 2.54. The lowest BCUT2D eigenvalue weighted by atomic mass is 10.4. The second-order valence-corrected chi connectivity index (χ2v) is 21.1. The summed E-state index contributed by atoms with van der Waals surface area (Å²) in [4.78, 5) is 0. The largest absolute Gasteiger partial charge is 0.123 e. The Kier molecular flexibility index (Phi) is 5.64. The highest BCUT2D eigenvalue weighted by molar-refractivity contribution is 8.73. The minimum absolute atomic E-state index is 1.30. The molecule has 0 aliphatic carbocycles. The van der Waals surface area contributed by atoms with Crippen LogP contribution in [-0.4, -0.2) is 25.8 Å². The number of hydrogen-bond donors (Lipinski definition) is 0. The van der Waals surface area contributed by atoms with Gasteiger partial charge in [-0.3, -0.25) is 0 Å². The van der Waals surface area contributed by atoms with Gasteiger partial charge in [-0.25, -0.2) is 0 Å². The van der Waals surface area contributed by atoms with Gasteiger partial charge in [0.1, 0.15) is 0 Å². The fourth-order valence-corrected chi connectivity index (χ4v) is 5.73. The highest BCUT2D eigenvalue weighted by Gasteiger charge is 2.14. The maximum absolute atomic E-state index is 5.63. The lowest BCUT2D eigenvalue weighted by Crippen LogP contribution is -2.07. The van der Waals surface area contributed by atoms with Gasteiger partial charge in [0.2, 0.25) is 0 Å². The molecule has 0 saturated carbocycles. The zero-order valence-corrected chi connectivity index (χ0v) is 14.9. The molecule has 0 radical (unpaired) electrons. The van der Waals surface area contributed by atoms with Gasteiger partial charge in [-0.05, 0) is 36.5 Å². The van der Waals surface area contributed by atoms with Gasteiger partial charge in [0, 0.05) is 10.5 Å². The van der Waals surface area contributed by atoms with Crippen LogP contribution in [0.1, 0.15) is 0 Å². The van der Waals surface area contributed by atoms with Gasteiger partial charge >= 0.3 is 0 Å². The van der Waals surface area contributed by atoms with Crippen LogP contribution in [0.3, 0.4) is 0 Å². The molecule has 1 aromatic rings. The molecule has 0 bridgehead atoms. The molecular weight excluding hydrogens is 310 g/mol. The van der Waals surface area contributed by atoms with Gasteiger partial charge in [0.25, 0.3) is 0 Å². The summed E-state index contributed by atoms with van der Waals surface area (Å²) in [5, 5.41) is -0.168. The molecule has 0 N–H and O–H groups in total. The van der Waals surface area contributed by atoms with Crippen molar-refractivity contribution in [1.29, 1.82) is 0 Å². The van der Waals surface area contributed by atoms with Crippen molar-refractivity contribution in [3.05, 3.63) is 24.3 Å². The van der Waals surface area contributed by atoms with Crippen molar-refractivity contribution in [1.82, 2.24) is 0 Å². The first-order valence-corrected chi connectivity index (χ1v) is 14.9. The predicted octanol–water partition coefficient (Wildman–Crippen LogP) is 3.71. The van der Waals surface area contributed by atoms with E-state index >= 15 is 0 Å². The van der Waals surface area contributed by atoms with E-state index < -0.39 is 10.5 Å². The van der Waals surface area contributed by atoms with Crippen LogP contribution in [0, 0.1) is 0 Å². The molecule has 6 heteroatoms. The first-order valence-electron chi connectivity index (χ1n) is 4.71. The summed E-state index contributed by atoms with van der Waals surface area (Å²) in [6, 6.07) is 8.70. The van der Waals surface area contributed by atoms with Crippen LogP contribution in [0.5, 0.6) is 0 Å². The first kappa shape index (κ1) is 15.3. The Morgan fingerprint density at radius 1 is 0.812 bits per heavy atom. The van der Waals surface area contributed by atoms with Crippen LogP contribution in [0.15, 0.2) is 24.3 Å². The quantitative estimate of drug-likeness (QED) is 0.773. The van der Waals surface area contributed by atoms with E-state index in [1.165, 1.54) is 10.6 Å². The molecule has 0 aromatic heterocycles. The Bertz CT molecular complexity index is 409. The molecule has 0 fully saturated rings. The highest BCUT2D eigenvalue weighted by atomic mass is 32.9. The zero-order chi connectivity index (χ0) is 12.4. The molecule has 0 saturated heterocycles. The average Bonchev–Trinajstić information content (AvgIpc) is 2.29. The minimum atomic E-state index is -1.38. The van der Waals surface area contributed by atoms with Crippen molar-refractivity contribution in [2.75, 3.05) is 25.8 Å². The van der Waals surface area contributed by atoms with Crippen molar-refractivity contribution < 1.29 is 0 Å². The van der Waals surface area contributed by atoms with Crippen molar-refractivity contribution in [2.45, 2.75) is 0 Å². The van der Waals surface area contributed by atoms with Gasteiger partial charge in [0.05, 0.1) is 0 Å². The molecule has 1 aromatic carbocycles. The lowest BCUT2D eigenvalue weighted by molar-refractivity contribution is 1.84. The monoisotopic (exact) mass is 326 g/mol. The van der Waals surface area contributed by atoms with Crippen molar-refractivity contribution in [2.24, 2.45) is 0 Å². The number of benzene rings is 1. The van der Waals surface area contributed by atoms with Crippen LogP contribution < -0.4 is 10.6 Å². The number of rotatable bonds is 4. The van der Waals surface area contributed by atoms with E-state index in [0.717, 1.165) is 0 Å². The summed E-state index contributed by atoms with van der Waals surface area (Å²) in [6.45, 7) is 4.36. The maximum atomic E-state index is 5.63. The minimum Gasteiger partial charge on any atom is -0.123 e. The molecule has 0 nitrogen and oxygen atoms in total. The summed E-state index contributed by atoms with van der Waals surface area (Å²) in [5.41, 5.74) is 0. The van der Waals surface area contributed by atoms with Crippen molar-refractivity contribution in [3.8, 4) is 0 Å². The molecule has 2 atom stereocenters. The second kappa shape index (κ2) is 5.91. The van der Waals surface area contributed by atoms with Gasteiger partial charge in [0.15, 0.2) is 0 Å².